The van der Waals surface area contributed by atoms with Crippen molar-refractivity contribution in [2.45, 2.75) is 31.5 Å². The van der Waals surface area contributed by atoms with Gasteiger partial charge in [0.05, 0.1) is 5.52 Å². The molecule has 0 N–H and O–H groups in total. The minimum Gasteiger partial charge on any atom is -0.426 e. The second kappa shape index (κ2) is 8.32. The number of benzene rings is 2. The molecule has 164 valence electrons. The van der Waals surface area contributed by atoms with Gasteiger partial charge in [0, 0.05) is 30.4 Å². The molecule has 1 aromatic heterocycles. The summed E-state index contributed by atoms with van der Waals surface area (Å²) in [5, 5.41) is 1.10. The van der Waals surface area contributed by atoms with Gasteiger partial charge in [-0.05, 0) is 55.0 Å². The number of hydrogen-bond donors (Lipinski definition) is 0. The van der Waals surface area contributed by atoms with Gasteiger partial charge in [0.25, 0.3) is 0 Å². The quantitative estimate of drug-likeness (QED) is 0.444. The molecule has 0 spiro atoms. The molecule has 3 nitrogen and oxygen atoms in total. The average molecular weight is 436 g/mol. The molecule has 31 heavy (non-hydrogen) atoms. The van der Waals surface area contributed by atoms with Crippen molar-refractivity contribution in [3.8, 4) is 5.75 Å². The first-order chi connectivity index (χ1) is 14.7. The van der Waals surface area contributed by atoms with Crippen molar-refractivity contribution in [1.82, 2.24) is 4.98 Å². The smallest absolute Gasteiger partial charge is 0.426 e. The number of pyridine rings is 1. The standard InChI is InChI=1S/C23H21F5N2O/c24-22(25,26)23(27,28)31-18-5-3-4-17(15-18)14-16-9-12-30(13-10-16)21-8-11-29-20-7-2-1-6-19(20)21/h1-8,11,15-16H,9-10,12-14H2. The van der Waals surface area contributed by atoms with Gasteiger partial charge in [-0.15, -0.1) is 0 Å². The van der Waals surface area contributed by atoms with Gasteiger partial charge >= 0.3 is 12.3 Å². The average Bonchev–Trinajstić information content (AvgIpc) is 2.73. The number of halogens is 5. The first-order valence-corrected chi connectivity index (χ1v) is 10.0. The molecular formula is C23H21F5N2O. The summed E-state index contributed by atoms with van der Waals surface area (Å²) in [6, 6.07) is 15.5. The lowest BCUT2D eigenvalue weighted by atomic mass is 9.90. The lowest BCUT2D eigenvalue weighted by molar-refractivity contribution is -0.360. The van der Waals surface area contributed by atoms with E-state index in [2.05, 4.69) is 14.6 Å². The predicted octanol–water partition coefficient (Wildman–Crippen LogP) is 6.23. The van der Waals surface area contributed by atoms with E-state index in [0.29, 0.717) is 17.9 Å². The van der Waals surface area contributed by atoms with Crippen LogP contribution >= 0.6 is 0 Å². The molecule has 2 heterocycles. The number of para-hydroxylation sites is 1. The Kier molecular flexibility index (Phi) is 5.73. The third kappa shape index (κ3) is 4.73. The summed E-state index contributed by atoms with van der Waals surface area (Å²) >= 11 is 0. The second-order valence-corrected chi connectivity index (χ2v) is 7.75. The monoisotopic (exact) mass is 436 g/mol. The zero-order valence-corrected chi connectivity index (χ0v) is 16.6. The lowest BCUT2D eigenvalue weighted by Crippen LogP contribution is -2.41. The van der Waals surface area contributed by atoms with Crippen LogP contribution in [0.3, 0.4) is 0 Å². The summed E-state index contributed by atoms with van der Waals surface area (Å²) in [4.78, 5) is 6.70. The van der Waals surface area contributed by atoms with Gasteiger partial charge in [-0.1, -0.05) is 30.3 Å². The molecule has 0 bridgehead atoms. The highest BCUT2D eigenvalue weighted by molar-refractivity contribution is 5.91. The molecule has 0 unspecified atom stereocenters. The van der Waals surface area contributed by atoms with Crippen LogP contribution in [0.15, 0.2) is 60.8 Å². The molecule has 8 heteroatoms. The van der Waals surface area contributed by atoms with Crippen molar-refractivity contribution in [3.63, 3.8) is 0 Å². The molecule has 0 atom stereocenters. The van der Waals surface area contributed by atoms with Gasteiger partial charge in [-0.25, -0.2) is 0 Å². The first-order valence-electron chi connectivity index (χ1n) is 10.0. The Bertz CT molecular complexity index is 1040. The normalized spacial score (nSPS) is 16.0. The van der Waals surface area contributed by atoms with Crippen LogP contribution in [0, 0.1) is 5.92 Å². The van der Waals surface area contributed by atoms with Crippen molar-refractivity contribution >= 4 is 16.6 Å². The van der Waals surface area contributed by atoms with E-state index in [9.17, 15) is 22.0 Å². The van der Waals surface area contributed by atoms with Crippen LogP contribution in [-0.4, -0.2) is 30.4 Å². The molecule has 0 saturated carbocycles. The van der Waals surface area contributed by atoms with Gasteiger partial charge in [0.2, 0.25) is 0 Å². The van der Waals surface area contributed by atoms with Crippen molar-refractivity contribution in [2.24, 2.45) is 5.92 Å². The van der Waals surface area contributed by atoms with E-state index in [1.807, 2.05) is 30.3 Å². The summed E-state index contributed by atoms with van der Waals surface area (Å²) < 4.78 is 67.4. The van der Waals surface area contributed by atoms with Crippen molar-refractivity contribution in [2.75, 3.05) is 18.0 Å². The largest absolute Gasteiger partial charge is 0.499 e. The summed E-state index contributed by atoms with van der Waals surface area (Å²) in [7, 11) is 0. The van der Waals surface area contributed by atoms with Crippen LogP contribution in [0.1, 0.15) is 18.4 Å². The fourth-order valence-corrected chi connectivity index (χ4v) is 4.01. The van der Waals surface area contributed by atoms with Crippen LogP contribution in [0.5, 0.6) is 5.75 Å². The van der Waals surface area contributed by atoms with Crippen molar-refractivity contribution < 1.29 is 26.7 Å². The molecule has 0 amide bonds. The Morgan fingerprint density at radius 1 is 0.935 bits per heavy atom. The van der Waals surface area contributed by atoms with Crippen LogP contribution in [-0.2, 0) is 6.42 Å². The number of ether oxygens (including phenoxy) is 1. The number of alkyl halides is 5. The molecular weight excluding hydrogens is 415 g/mol. The molecule has 1 saturated heterocycles. The maximum Gasteiger partial charge on any atom is 0.499 e. The highest BCUT2D eigenvalue weighted by Crippen LogP contribution is 2.38. The fraction of sp³-hybridized carbons (Fsp3) is 0.348. The van der Waals surface area contributed by atoms with E-state index in [-0.39, 0.29) is 0 Å². The molecule has 1 aliphatic rings. The molecule has 0 aliphatic carbocycles. The maximum atomic E-state index is 13.2. The number of rotatable bonds is 5. The summed E-state index contributed by atoms with van der Waals surface area (Å²) in [5.41, 5.74) is 2.76. The third-order valence-electron chi connectivity index (χ3n) is 5.58. The van der Waals surface area contributed by atoms with E-state index in [4.69, 9.17) is 0 Å². The Morgan fingerprint density at radius 2 is 1.68 bits per heavy atom. The van der Waals surface area contributed by atoms with Crippen LogP contribution < -0.4 is 9.64 Å². The second-order valence-electron chi connectivity index (χ2n) is 7.75. The van der Waals surface area contributed by atoms with Gasteiger partial charge in [-0.3, -0.25) is 4.98 Å². The third-order valence-corrected chi connectivity index (χ3v) is 5.58. The minimum absolute atomic E-state index is 0.308. The van der Waals surface area contributed by atoms with Crippen molar-refractivity contribution in [1.29, 1.82) is 0 Å². The number of piperidine rings is 1. The Hall–Kier alpha value is -2.90. The summed E-state index contributed by atoms with van der Waals surface area (Å²) in [6.45, 7) is 1.67. The highest BCUT2D eigenvalue weighted by atomic mass is 19.4. The predicted molar refractivity (Wildman–Crippen MR) is 108 cm³/mol. The van der Waals surface area contributed by atoms with E-state index >= 15 is 0 Å². The number of hydrogen-bond acceptors (Lipinski definition) is 3. The van der Waals surface area contributed by atoms with Gasteiger partial charge in [0.1, 0.15) is 5.75 Å². The van der Waals surface area contributed by atoms with E-state index < -0.39 is 18.0 Å². The SMILES string of the molecule is FC(F)(F)C(F)(F)Oc1cccc(CC2CCN(c3ccnc4ccccc34)CC2)c1. The summed E-state index contributed by atoms with van der Waals surface area (Å²) in [5.74, 6) is -0.178. The molecule has 0 radical (unpaired) electrons. The minimum atomic E-state index is -5.76. The summed E-state index contributed by atoms with van der Waals surface area (Å²) in [6.07, 6.45) is -6.80. The Balaban J connectivity index is 1.39. The molecule has 1 fully saturated rings. The highest BCUT2D eigenvalue weighted by Gasteiger charge is 2.61. The molecule has 2 aromatic carbocycles. The first kappa shape index (κ1) is 21.3. The van der Waals surface area contributed by atoms with E-state index in [1.54, 1.807) is 12.3 Å². The lowest BCUT2D eigenvalue weighted by Gasteiger charge is -2.34. The molecule has 3 aromatic rings. The van der Waals surface area contributed by atoms with Crippen LogP contribution in [0.4, 0.5) is 27.6 Å². The molecule has 4 rings (SSSR count). The van der Waals surface area contributed by atoms with Crippen molar-refractivity contribution in [3.05, 3.63) is 66.4 Å². The number of anilines is 1. The van der Waals surface area contributed by atoms with Gasteiger partial charge in [0.15, 0.2) is 0 Å². The number of nitrogens with zero attached hydrogens (tertiary/aromatic N) is 2. The van der Waals surface area contributed by atoms with Crippen LogP contribution in [0.25, 0.3) is 10.9 Å². The topological polar surface area (TPSA) is 25.4 Å². The fourth-order valence-electron chi connectivity index (χ4n) is 4.01. The number of fused-ring (bicyclic) bond motifs is 1. The van der Waals surface area contributed by atoms with E-state index in [1.165, 1.54) is 12.1 Å². The van der Waals surface area contributed by atoms with Gasteiger partial charge in [-0.2, -0.15) is 22.0 Å². The molecule has 1 aliphatic heterocycles. The Morgan fingerprint density at radius 3 is 2.42 bits per heavy atom. The zero-order valence-electron chi connectivity index (χ0n) is 16.6. The Labute approximate surface area is 176 Å². The maximum absolute atomic E-state index is 13.2. The zero-order chi connectivity index (χ0) is 22.1. The number of aromatic nitrogens is 1. The van der Waals surface area contributed by atoms with E-state index in [0.717, 1.165) is 48.6 Å². The van der Waals surface area contributed by atoms with Gasteiger partial charge < -0.3 is 9.64 Å². The van der Waals surface area contributed by atoms with Crippen LogP contribution in [0.2, 0.25) is 0 Å².